The molecule has 0 aliphatic carbocycles. The van der Waals surface area contributed by atoms with Crippen molar-refractivity contribution in [1.29, 1.82) is 0 Å². The van der Waals surface area contributed by atoms with E-state index < -0.39 is 11.4 Å². The molecular weight excluding hydrogens is 304 g/mol. The van der Waals surface area contributed by atoms with Crippen LogP contribution in [-0.2, 0) is 0 Å². The molecule has 3 aromatic rings. The van der Waals surface area contributed by atoms with Gasteiger partial charge in [0, 0.05) is 29.9 Å². The van der Waals surface area contributed by atoms with E-state index in [1.54, 1.807) is 12.1 Å². The maximum atomic E-state index is 12.6. The van der Waals surface area contributed by atoms with Crippen molar-refractivity contribution >= 4 is 28.2 Å². The molecule has 5 nitrogen and oxygen atoms in total. The summed E-state index contributed by atoms with van der Waals surface area (Å²) in [6, 6.07) is 15.5. The second kappa shape index (κ2) is 5.23. The third-order valence-corrected chi connectivity index (χ3v) is 4.54. The zero-order valence-electron chi connectivity index (χ0n) is 13.1. The topological polar surface area (TPSA) is 62.5 Å². The molecule has 2 aromatic carbocycles. The molecule has 1 aliphatic heterocycles. The molecule has 0 amide bonds. The van der Waals surface area contributed by atoms with Crippen LogP contribution in [0.15, 0.2) is 59.5 Å². The minimum Gasteiger partial charge on any atom is -0.477 e. The minimum absolute atomic E-state index is 0.0429. The van der Waals surface area contributed by atoms with Crippen LogP contribution in [0.1, 0.15) is 23.3 Å². The predicted octanol–water partition coefficient (Wildman–Crippen LogP) is 3.41. The number of carboxylic acids is 1. The number of nitrogens with zero attached hydrogens (tertiary/aromatic N) is 2. The summed E-state index contributed by atoms with van der Waals surface area (Å²) >= 11 is 0. The smallest absolute Gasteiger partial charge is 0.341 e. The number of pyridine rings is 1. The largest absolute Gasteiger partial charge is 0.477 e. The van der Waals surface area contributed by atoms with Crippen LogP contribution in [0.25, 0.3) is 10.9 Å². The lowest BCUT2D eigenvalue weighted by atomic mass is 10.0. The summed E-state index contributed by atoms with van der Waals surface area (Å²) in [7, 11) is 0. The van der Waals surface area contributed by atoms with Gasteiger partial charge in [-0.1, -0.05) is 24.3 Å². The molecule has 1 aromatic heterocycles. The van der Waals surface area contributed by atoms with E-state index in [2.05, 4.69) is 4.90 Å². The van der Waals surface area contributed by atoms with Crippen LogP contribution in [0.5, 0.6) is 0 Å². The molecule has 4 rings (SSSR count). The Bertz CT molecular complexity index is 1010. The van der Waals surface area contributed by atoms with Crippen LogP contribution in [0.3, 0.4) is 0 Å². The van der Waals surface area contributed by atoms with Crippen LogP contribution in [0, 0.1) is 0 Å². The number of hydrogen-bond donors (Lipinski definition) is 1. The summed E-state index contributed by atoms with van der Waals surface area (Å²) in [5.74, 6) is -1.19. The Labute approximate surface area is 138 Å². The van der Waals surface area contributed by atoms with E-state index in [0.29, 0.717) is 11.9 Å². The lowest BCUT2D eigenvalue weighted by Gasteiger charge is -2.36. The van der Waals surface area contributed by atoms with Crippen molar-refractivity contribution in [1.82, 2.24) is 4.57 Å². The van der Waals surface area contributed by atoms with E-state index in [4.69, 9.17) is 0 Å². The van der Waals surface area contributed by atoms with Gasteiger partial charge in [0.05, 0.1) is 11.2 Å². The second-order valence-corrected chi connectivity index (χ2v) is 6.05. The van der Waals surface area contributed by atoms with Gasteiger partial charge in [-0.3, -0.25) is 4.79 Å². The Kier molecular flexibility index (Phi) is 3.16. The molecule has 5 heteroatoms. The second-order valence-electron chi connectivity index (χ2n) is 6.05. The predicted molar refractivity (Wildman–Crippen MR) is 93.3 cm³/mol. The highest BCUT2D eigenvalue weighted by molar-refractivity contribution is 5.98. The Morgan fingerprint density at radius 3 is 2.58 bits per heavy atom. The van der Waals surface area contributed by atoms with Gasteiger partial charge in [-0.25, -0.2) is 4.79 Å². The Morgan fingerprint density at radius 2 is 1.88 bits per heavy atom. The van der Waals surface area contributed by atoms with Crippen molar-refractivity contribution in [2.45, 2.75) is 13.0 Å². The Hall–Kier alpha value is -3.08. The van der Waals surface area contributed by atoms with E-state index in [1.807, 2.05) is 47.9 Å². The lowest BCUT2D eigenvalue weighted by Crippen LogP contribution is -2.33. The molecule has 0 fully saturated rings. The minimum atomic E-state index is -1.19. The van der Waals surface area contributed by atoms with Gasteiger partial charge in [0.15, 0.2) is 0 Å². The molecular formula is C19H16N2O3. The number of rotatable bonds is 2. The van der Waals surface area contributed by atoms with E-state index in [9.17, 15) is 14.7 Å². The molecule has 0 bridgehead atoms. The van der Waals surface area contributed by atoms with Crippen molar-refractivity contribution in [2.75, 3.05) is 11.4 Å². The van der Waals surface area contributed by atoms with Crippen molar-refractivity contribution in [3.8, 4) is 0 Å². The Balaban J connectivity index is 2.06. The fourth-order valence-corrected chi connectivity index (χ4v) is 3.41. The summed E-state index contributed by atoms with van der Waals surface area (Å²) in [6.07, 6.45) is 1.48. The first kappa shape index (κ1) is 14.5. The molecule has 0 saturated heterocycles. The first-order valence-electron chi connectivity index (χ1n) is 7.81. The van der Waals surface area contributed by atoms with Crippen molar-refractivity contribution < 1.29 is 9.90 Å². The van der Waals surface area contributed by atoms with Gasteiger partial charge < -0.3 is 14.6 Å². The average Bonchev–Trinajstić information content (AvgIpc) is 2.60. The fourth-order valence-electron chi connectivity index (χ4n) is 3.41. The zero-order chi connectivity index (χ0) is 16.8. The number of carbonyl (C=O) groups is 1. The van der Waals surface area contributed by atoms with Crippen LogP contribution < -0.4 is 10.3 Å². The SMILES string of the molecule is CC1CN(c2ccccc2)c2cccc3c(=O)c(C(=O)O)cn1c23. The Morgan fingerprint density at radius 1 is 1.12 bits per heavy atom. The van der Waals surface area contributed by atoms with E-state index in [-0.39, 0.29) is 11.6 Å². The number of aromatic nitrogens is 1. The zero-order valence-corrected chi connectivity index (χ0v) is 13.1. The van der Waals surface area contributed by atoms with E-state index >= 15 is 0 Å². The first-order valence-corrected chi connectivity index (χ1v) is 7.81. The third-order valence-electron chi connectivity index (χ3n) is 4.54. The average molecular weight is 320 g/mol. The molecule has 24 heavy (non-hydrogen) atoms. The van der Waals surface area contributed by atoms with Gasteiger partial charge in [0.25, 0.3) is 0 Å². The number of hydrogen-bond acceptors (Lipinski definition) is 3. The summed E-state index contributed by atoms with van der Waals surface area (Å²) in [5.41, 5.74) is 2.15. The van der Waals surface area contributed by atoms with Crippen molar-refractivity contribution in [2.24, 2.45) is 0 Å². The van der Waals surface area contributed by atoms with Crippen LogP contribution >= 0.6 is 0 Å². The van der Waals surface area contributed by atoms with Gasteiger partial charge in [0.2, 0.25) is 5.43 Å². The highest BCUT2D eigenvalue weighted by Crippen LogP contribution is 2.37. The highest BCUT2D eigenvalue weighted by atomic mass is 16.4. The molecule has 0 saturated carbocycles. The molecule has 1 aliphatic rings. The third kappa shape index (κ3) is 2.01. The van der Waals surface area contributed by atoms with Gasteiger partial charge in [-0.15, -0.1) is 0 Å². The number of benzene rings is 2. The summed E-state index contributed by atoms with van der Waals surface area (Å²) in [5, 5.41) is 9.77. The molecule has 1 N–H and O–H groups in total. The number of anilines is 2. The highest BCUT2D eigenvalue weighted by Gasteiger charge is 2.27. The van der Waals surface area contributed by atoms with Crippen molar-refractivity contribution in [3.63, 3.8) is 0 Å². The van der Waals surface area contributed by atoms with Crippen molar-refractivity contribution in [3.05, 3.63) is 70.5 Å². The van der Waals surface area contributed by atoms with Gasteiger partial charge in [-0.05, 0) is 31.2 Å². The summed E-state index contributed by atoms with van der Waals surface area (Å²) < 4.78 is 1.91. The summed E-state index contributed by atoms with van der Waals surface area (Å²) in [4.78, 5) is 26.1. The molecule has 120 valence electrons. The molecule has 0 spiro atoms. The van der Waals surface area contributed by atoms with Gasteiger partial charge >= 0.3 is 5.97 Å². The standard InChI is InChI=1S/C19H16N2O3/c1-12-10-21(13-6-3-2-4-7-13)16-9-5-8-14-17(16)20(12)11-15(18(14)22)19(23)24/h2-9,11-12H,10H2,1H3,(H,23,24). The normalized spacial score (nSPS) is 16.4. The van der Waals surface area contributed by atoms with E-state index in [1.165, 1.54) is 6.20 Å². The number of para-hydroxylation sites is 2. The lowest BCUT2D eigenvalue weighted by molar-refractivity contribution is 0.0694. The maximum Gasteiger partial charge on any atom is 0.341 e. The van der Waals surface area contributed by atoms with Crippen LogP contribution in [0.2, 0.25) is 0 Å². The van der Waals surface area contributed by atoms with Crippen LogP contribution in [0.4, 0.5) is 11.4 Å². The molecule has 2 heterocycles. The first-order chi connectivity index (χ1) is 11.6. The van der Waals surface area contributed by atoms with Gasteiger partial charge in [-0.2, -0.15) is 0 Å². The van der Waals surface area contributed by atoms with E-state index in [0.717, 1.165) is 16.9 Å². The van der Waals surface area contributed by atoms with Gasteiger partial charge in [0.1, 0.15) is 5.56 Å². The van der Waals surface area contributed by atoms with Crippen LogP contribution in [-0.4, -0.2) is 22.2 Å². The fraction of sp³-hybridized carbons (Fsp3) is 0.158. The quantitative estimate of drug-likeness (QED) is 0.786. The summed E-state index contributed by atoms with van der Waals surface area (Å²) in [6.45, 7) is 2.74. The maximum absolute atomic E-state index is 12.6. The molecule has 0 radical (unpaired) electrons. The number of aromatic carboxylic acids is 1. The number of carboxylic acid groups (broad SMARTS) is 1. The monoisotopic (exact) mass is 320 g/mol. The molecule has 1 atom stereocenters. The molecule has 1 unspecified atom stereocenters.